The topological polar surface area (TPSA) is 177 Å². The molecule has 1 amide bonds. The van der Waals surface area contributed by atoms with Gasteiger partial charge in [0, 0.05) is 12.4 Å². The summed E-state index contributed by atoms with van der Waals surface area (Å²) in [5, 5.41) is 37.9. The molecule has 1 fully saturated rings. The molecule has 11 heteroatoms. The Kier molecular flexibility index (Phi) is 5.76. The Labute approximate surface area is 136 Å². The number of nitrogens with zero attached hydrogens (tertiary/aromatic N) is 4. The third kappa shape index (κ3) is 3.65. The predicted octanol–water partition coefficient (Wildman–Crippen LogP) is -2.22. The number of carbonyl (C=O) groups excluding carboxylic acids is 1. The number of ether oxygens (including phenoxy) is 1. The Morgan fingerprint density at radius 2 is 1.96 bits per heavy atom. The fraction of sp³-hybridized carbons (Fsp3) is 0.385. The molecule has 0 aromatic carbocycles. The second kappa shape index (κ2) is 7.79. The number of aliphatic hydroxyl groups excluding tert-OH is 3. The van der Waals surface area contributed by atoms with Gasteiger partial charge in [-0.2, -0.15) is 0 Å². The number of aromatic hydroxyl groups is 1. The molecule has 0 aliphatic carbocycles. The lowest BCUT2D eigenvalue weighted by atomic mass is 10.1. The molecule has 24 heavy (non-hydrogen) atoms. The normalized spacial score (nSPS) is 25.8. The quantitative estimate of drug-likeness (QED) is 0.414. The summed E-state index contributed by atoms with van der Waals surface area (Å²) in [5.41, 5.74) is 4.61. The zero-order valence-electron chi connectivity index (χ0n) is 12.4. The molecule has 130 valence electrons. The second-order valence-corrected chi connectivity index (χ2v) is 4.82. The van der Waals surface area contributed by atoms with Gasteiger partial charge in [-0.15, -0.1) is 0 Å². The molecule has 2 aromatic rings. The van der Waals surface area contributed by atoms with E-state index >= 15 is 0 Å². The second-order valence-electron chi connectivity index (χ2n) is 4.82. The zero-order chi connectivity index (χ0) is 17.7. The van der Waals surface area contributed by atoms with Crippen LogP contribution in [0, 0.1) is 0 Å². The minimum Gasteiger partial charge on any atom is -0.493 e. The molecule has 0 spiro atoms. The Hall–Kier alpha value is -2.60. The maximum atomic E-state index is 10.9. The van der Waals surface area contributed by atoms with Gasteiger partial charge in [-0.3, -0.25) is 9.36 Å². The molecule has 2 aromatic heterocycles. The molecule has 1 aliphatic rings. The van der Waals surface area contributed by atoms with E-state index in [9.17, 15) is 20.1 Å². The van der Waals surface area contributed by atoms with Gasteiger partial charge in [0.05, 0.1) is 6.61 Å². The van der Waals surface area contributed by atoms with Crippen LogP contribution in [0.5, 0.6) is 5.88 Å². The van der Waals surface area contributed by atoms with E-state index in [1.54, 1.807) is 18.5 Å². The number of rotatable bonds is 3. The number of aromatic nitrogens is 4. The maximum absolute atomic E-state index is 10.9. The van der Waals surface area contributed by atoms with Gasteiger partial charge < -0.3 is 30.9 Å². The standard InChI is InChI=1S/C9H13N3O6.C4H4N2/c10-7(16)4-8(17)12(2-11-4)9-6(15)5(14)3(1-13)18-9;1-2-5-4-6-3-1/h2-3,5-6,9,13-15,17H,1H2,(H2,10,16);1-4H/t3-,5-,6-,9-;/m1./s1. The summed E-state index contributed by atoms with van der Waals surface area (Å²) < 4.78 is 6.12. The smallest absolute Gasteiger partial charge is 0.272 e. The number of hydrogen-bond donors (Lipinski definition) is 5. The van der Waals surface area contributed by atoms with Crippen LogP contribution in [0.1, 0.15) is 16.7 Å². The van der Waals surface area contributed by atoms with Crippen molar-refractivity contribution in [3.8, 4) is 5.88 Å². The van der Waals surface area contributed by atoms with E-state index in [4.69, 9.17) is 15.6 Å². The molecule has 3 heterocycles. The minimum atomic E-state index is -1.37. The highest BCUT2D eigenvalue weighted by Gasteiger charge is 2.44. The van der Waals surface area contributed by atoms with Crippen molar-refractivity contribution in [1.82, 2.24) is 19.5 Å². The van der Waals surface area contributed by atoms with Gasteiger partial charge in [0.2, 0.25) is 5.88 Å². The van der Waals surface area contributed by atoms with Gasteiger partial charge in [-0.1, -0.05) is 0 Å². The van der Waals surface area contributed by atoms with Crippen LogP contribution in [-0.2, 0) is 4.74 Å². The van der Waals surface area contributed by atoms with E-state index in [-0.39, 0.29) is 5.69 Å². The number of nitrogens with two attached hydrogens (primary N) is 1. The first-order valence-electron chi connectivity index (χ1n) is 6.85. The molecule has 0 bridgehead atoms. The number of carbonyl (C=O) groups is 1. The fourth-order valence-electron chi connectivity index (χ4n) is 2.08. The Balaban J connectivity index is 0.000000292. The van der Waals surface area contributed by atoms with Crippen molar-refractivity contribution in [3.05, 3.63) is 36.8 Å². The molecule has 6 N–H and O–H groups in total. The summed E-state index contributed by atoms with van der Waals surface area (Å²) in [4.78, 5) is 21.8. The highest BCUT2D eigenvalue weighted by Crippen LogP contribution is 2.32. The molecule has 1 saturated heterocycles. The van der Waals surface area contributed by atoms with Crippen LogP contribution >= 0.6 is 0 Å². The first-order chi connectivity index (χ1) is 11.5. The number of imidazole rings is 1. The lowest BCUT2D eigenvalue weighted by Crippen LogP contribution is -2.33. The fourth-order valence-corrected chi connectivity index (χ4v) is 2.08. The van der Waals surface area contributed by atoms with Crippen molar-refractivity contribution in [2.75, 3.05) is 6.61 Å². The molecule has 1 aliphatic heterocycles. The monoisotopic (exact) mass is 339 g/mol. The molecule has 3 rings (SSSR count). The Morgan fingerprint density at radius 3 is 2.33 bits per heavy atom. The van der Waals surface area contributed by atoms with Crippen molar-refractivity contribution < 1.29 is 30.0 Å². The van der Waals surface area contributed by atoms with Crippen LogP contribution in [0.3, 0.4) is 0 Å². The molecule has 0 saturated carbocycles. The number of primary amides is 1. The van der Waals surface area contributed by atoms with Crippen LogP contribution in [-0.4, -0.2) is 70.8 Å². The van der Waals surface area contributed by atoms with Crippen LogP contribution in [0.2, 0.25) is 0 Å². The number of hydrogen-bond acceptors (Lipinski definition) is 9. The van der Waals surface area contributed by atoms with Crippen molar-refractivity contribution in [2.45, 2.75) is 24.5 Å². The third-order valence-corrected chi connectivity index (χ3v) is 3.27. The van der Waals surface area contributed by atoms with Gasteiger partial charge in [0.25, 0.3) is 5.91 Å². The SMILES string of the molecule is NC(=O)c1ncn([C@@H]2O[C@H](CO)[C@@H](O)[C@H]2O)c1O.c1cncnc1. The average molecular weight is 339 g/mol. The minimum absolute atomic E-state index is 0.368. The number of amides is 1. The largest absolute Gasteiger partial charge is 0.493 e. The van der Waals surface area contributed by atoms with E-state index in [0.717, 1.165) is 10.9 Å². The first-order valence-corrected chi connectivity index (χ1v) is 6.85. The highest BCUT2D eigenvalue weighted by atomic mass is 16.6. The van der Waals surface area contributed by atoms with E-state index in [1.807, 2.05) is 0 Å². The summed E-state index contributed by atoms with van der Waals surface area (Å²) in [5.74, 6) is -1.50. The van der Waals surface area contributed by atoms with Crippen LogP contribution in [0.15, 0.2) is 31.1 Å². The summed E-state index contributed by atoms with van der Waals surface area (Å²) in [6, 6.07) is 1.78. The van der Waals surface area contributed by atoms with E-state index in [2.05, 4.69) is 15.0 Å². The van der Waals surface area contributed by atoms with Crippen LogP contribution < -0.4 is 5.73 Å². The Morgan fingerprint density at radius 1 is 1.29 bits per heavy atom. The highest BCUT2D eigenvalue weighted by molar-refractivity contribution is 5.92. The van der Waals surface area contributed by atoms with Crippen molar-refractivity contribution in [3.63, 3.8) is 0 Å². The van der Waals surface area contributed by atoms with Gasteiger partial charge in [0.15, 0.2) is 11.9 Å². The van der Waals surface area contributed by atoms with Gasteiger partial charge >= 0.3 is 0 Å². The summed E-state index contributed by atoms with van der Waals surface area (Å²) in [6.07, 6.45) is 1.11. The zero-order valence-corrected chi connectivity index (χ0v) is 12.4. The summed E-state index contributed by atoms with van der Waals surface area (Å²) in [7, 11) is 0. The lowest BCUT2D eigenvalue weighted by Gasteiger charge is -2.16. The molecular formula is C13H17N5O6. The van der Waals surface area contributed by atoms with Crippen molar-refractivity contribution >= 4 is 5.91 Å². The average Bonchev–Trinajstić information content (AvgIpc) is 3.11. The van der Waals surface area contributed by atoms with Crippen LogP contribution in [0.25, 0.3) is 0 Å². The van der Waals surface area contributed by atoms with Crippen LogP contribution in [0.4, 0.5) is 0 Å². The van der Waals surface area contributed by atoms with E-state index < -0.39 is 42.9 Å². The predicted molar refractivity (Wildman–Crippen MR) is 77.5 cm³/mol. The van der Waals surface area contributed by atoms with Gasteiger partial charge in [-0.25, -0.2) is 15.0 Å². The molecule has 11 nitrogen and oxygen atoms in total. The summed E-state index contributed by atoms with van der Waals surface area (Å²) >= 11 is 0. The van der Waals surface area contributed by atoms with E-state index in [0.29, 0.717) is 0 Å². The van der Waals surface area contributed by atoms with Crippen molar-refractivity contribution in [2.24, 2.45) is 5.73 Å². The lowest BCUT2D eigenvalue weighted by molar-refractivity contribution is -0.0553. The first kappa shape index (κ1) is 17.7. The molecule has 4 atom stereocenters. The van der Waals surface area contributed by atoms with E-state index in [1.165, 1.54) is 6.33 Å². The maximum Gasteiger partial charge on any atom is 0.272 e. The molecule has 0 unspecified atom stereocenters. The number of aliphatic hydroxyl groups is 3. The Bertz CT molecular complexity index is 639. The third-order valence-electron chi connectivity index (χ3n) is 3.27. The van der Waals surface area contributed by atoms with Gasteiger partial charge in [0.1, 0.15) is 31.0 Å². The summed E-state index contributed by atoms with van der Waals surface area (Å²) in [6.45, 7) is -0.493. The van der Waals surface area contributed by atoms with Gasteiger partial charge in [-0.05, 0) is 6.07 Å². The molecule has 0 radical (unpaired) electrons. The van der Waals surface area contributed by atoms with Crippen molar-refractivity contribution in [1.29, 1.82) is 0 Å². The molecular weight excluding hydrogens is 322 g/mol.